The van der Waals surface area contributed by atoms with Crippen LogP contribution in [0.5, 0.6) is 0 Å². The zero-order chi connectivity index (χ0) is 14.2. The lowest BCUT2D eigenvalue weighted by Gasteiger charge is -2.07. The summed E-state index contributed by atoms with van der Waals surface area (Å²) in [5, 5.41) is 4.18. The molecule has 0 radical (unpaired) electrons. The number of ether oxygens (including phenoxy) is 1. The quantitative estimate of drug-likeness (QED) is 0.821. The van der Waals surface area contributed by atoms with Crippen LogP contribution < -0.4 is 5.73 Å². The van der Waals surface area contributed by atoms with Gasteiger partial charge in [-0.05, 0) is 13.8 Å². The van der Waals surface area contributed by atoms with Crippen molar-refractivity contribution in [2.75, 3.05) is 12.8 Å². The van der Waals surface area contributed by atoms with Gasteiger partial charge in [-0.1, -0.05) is 0 Å². The Labute approximate surface area is 111 Å². The minimum Gasteiger partial charge on any atom is -0.464 e. The van der Waals surface area contributed by atoms with Crippen LogP contribution in [-0.2, 0) is 18.3 Å². The van der Waals surface area contributed by atoms with Gasteiger partial charge in [-0.3, -0.25) is 4.68 Å². The van der Waals surface area contributed by atoms with Gasteiger partial charge in [0.15, 0.2) is 5.69 Å². The van der Waals surface area contributed by atoms with E-state index in [2.05, 4.69) is 14.8 Å². The monoisotopic (exact) mass is 263 g/mol. The molecule has 2 aromatic heterocycles. The third-order valence-electron chi connectivity index (χ3n) is 3.24. The summed E-state index contributed by atoms with van der Waals surface area (Å²) >= 11 is 0. The van der Waals surface area contributed by atoms with E-state index in [0.717, 1.165) is 11.3 Å². The van der Waals surface area contributed by atoms with Gasteiger partial charge in [-0.15, -0.1) is 0 Å². The van der Waals surface area contributed by atoms with E-state index in [4.69, 9.17) is 5.73 Å². The van der Waals surface area contributed by atoms with Gasteiger partial charge in [-0.2, -0.15) is 5.10 Å². The first-order valence-corrected chi connectivity index (χ1v) is 5.84. The first kappa shape index (κ1) is 13.1. The Morgan fingerprint density at radius 1 is 1.47 bits per heavy atom. The third-order valence-corrected chi connectivity index (χ3v) is 3.24. The van der Waals surface area contributed by atoms with Crippen LogP contribution >= 0.6 is 0 Å². The number of nitrogens with zero attached hydrogens (tertiary/aromatic N) is 4. The van der Waals surface area contributed by atoms with Gasteiger partial charge in [-0.25, -0.2) is 9.78 Å². The Hall–Kier alpha value is -2.31. The van der Waals surface area contributed by atoms with Crippen LogP contribution in [0.3, 0.4) is 0 Å². The molecule has 0 saturated carbocycles. The average molecular weight is 263 g/mol. The molecule has 2 aromatic rings. The Bertz CT molecular complexity index is 626. The van der Waals surface area contributed by atoms with Crippen LogP contribution in [0.1, 0.15) is 27.6 Å². The van der Waals surface area contributed by atoms with Crippen molar-refractivity contribution in [1.29, 1.82) is 0 Å². The van der Waals surface area contributed by atoms with E-state index in [9.17, 15) is 4.79 Å². The molecule has 19 heavy (non-hydrogen) atoms. The van der Waals surface area contributed by atoms with Gasteiger partial charge in [0, 0.05) is 18.3 Å². The predicted molar refractivity (Wildman–Crippen MR) is 69.8 cm³/mol. The number of carbonyl (C=O) groups is 1. The van der Waals surface area contributed by atoms with Gasteiger partial charge in [0.1, 0.15) is 11.6 Å². The highest BCUT2D eigenvalue weighted by atomic mass is 16.5. The number of rotatable bonds is 3. The predicted octanol–water partition coefficient (Wildman–Crippen LogP) is 0.651. The number of nitrogen functional groups attached to an aromatic ring is 1. The smallest absolute Gasteiger partial charge is 0.360 e. The number of aromatic nitrogens is 4. The Balaban J connectivity index is 2.38. The van der Waals surface area contributed by atoms with Gasteiger partial charge in [0.2, 0.25) is 0 Å². The molecule has 0 saturated heterocycles. The van der Waals surface area contributed by atoms with Crippen LogP contribution in [-0.4, -0.2) is 32.4 Å². The molecule has 7 heteroatoms. The van der Waals surface area contributed by atoms with Crippen molar-refractivity contribution in [1.82, 2.24) is 19.3 Å². The molecular weight excluding hydrogens is 246 g/mol. The van der Waals surface area contributed by atoms with Crippen molar-refractivity contribution in [2.45, 2.75) is 20.4 Å². The first-order chi connectivity index (χ1) is 8.95. The second-order valence-corrected chi connectivity index (χ2v) is 4.35. The van der Waals surface area contributed by atoms with E-state index in [1.165, 1.54) is 7.11 Å². The van der Waals surface area contributed by atoms with Crippen LogP contribution in [0.15, 0.2) is 6.20 Å². The van der Waals surface area contributed by atoms with E-state index in [0.29, 0.717) is 18.2 Å². The van der Waals surface area contributed by atoms with E-state index < -0.39 is 5.97 Å². The van der Waals surface area contributed by atoms with E-state index in [1.807, 2.05) is 14.0 Å². The number of nitrogens with two attached hydrogens (primary N) is 1. The summed E-state index contributed by atoms with van der Waals surface area (Å²) in [4.78, 5) is 15.7. The third kappa shape index (κ3) is 2.18. The molecule has 0 unspecified atom stereocenters. The van der Waals surface area contributed by atoms with Crippen molar-refractivity contribution in [3.05, 3.63) is 29.0 Å². The summed E-state index contributed by atoms with van der Waals surface area (Å²) in [5.41, 5.74) is 8.19. The molecule has 2 rings (SSSR count). The second-order valence-electron chi connectivity index (χ2n) is 4.35. The molecule has 0 aliphatic carbocycles. The van der Waals surface area contributed by atoms with Crippen molar-refractivity contribution >= 4 is 11.8 Å². The number of methoxy groups -OCH3 is 1. The summed E-state index contributed by atoms with van der Waals surface area (Å²) in [6.45, 7) is 4.31. The highest BCUT2D eigenvalue weighted by Crippen LogP contribution is 2.18. The van der Waals surface area contributed by atoms with Crippen LogP contribution in [0, 0.1) is 13.8 Å². The molecule has 0 fully saturated rings. The van der Waals surface area contributed by atoms with Crippen molar-refractivity contribution in [3.8, 4) is 0 Å². The minimum absolute atomic E-state index is 0.154. The molecule has 0 aliphatic rings. The normalized spacial score (nSPS) is 10.7. The maximum Gasteiger partial charge on any atom is 0.360 e. The fourth-order valence-corrected chi connectivity index (χ4v) is 1.90. The average Bonchev–Trinajstić information content (AvgIpc) is 2.85. The standard InChI is InChI=1S/C12H17N5O2/c1-7-9(5-14-16(7)3)6-17-8(2)15-10(11(17)13)12(18)19-4/h5H,6,13H2,1-4H3. The number of aryl methyl sites for hydroxylation is 2. The molecule has 0 bridgehead atoms. The minimum atomic E-state index is -0.526. The molecule has 0 aromatic carbocycles. The van der Waals surface area contributed by atoms with Gasteiger partial charge < -0.3 is 15.0 Å². The molecule has 0 spiro atoms. The Morgan fingerprint density at radius 2 is 2.16 bits per heavy atom. The van der Waals surface area contributed by atoms with E-state index in [-0.39, 0.29) is 5.69 Å². The van der Waals surface area contributed by atoms with E-state index in [1.54, 1.807) is 22.4 Å². The number of carbonyl (C=O) groups excluding carboxylic acids is 1. The highest BCUT2D eigenvalue weighted by Gasteiger charge is 2.19. The lowest BCUT2D eigenvalue weighted by atomic mass is 10.2. The summed E-state index contributed by atoms with van der Waals surface area (Å²) in [6, 6.07) is 0. The first-order valence-electron chi connectivity index (χ1n) is 5.84. The molecular formula is C12H17N5O2. The molecule has 0 aliphatic heterocycles. The fourth-order valence-electron chi connectivity index (χ4n) is 1.90. The topological polar surface area (TPSA) is 88.0 Å². The van der Waals surface area contributed by atoms with Crippen LogP contribution in [0.2, 0.25) is 0 Å². The molecule has 2 N–H and O–H groups in total. The fraction of sp³-hybridized carbons (Fsp3) is 0.417. The van der Waals surface area contributed by atoms with Crippen LogP contribution in [0.4, 0.5) is 5.82 Å². The number of esters is 1. The molecule has 2 heterocycles. The molecule has 7 nitrogen and oxygen atoms in total. The highest BCUT2D eigenvalue weighted by molar-refractivity contribution is 5.92. The van der Waals surface area contributed by atoms with Crippen molar-refractivity contribution < 1.29 is 9.53 Å². The van der Waals surface area contributed by atoms with Crippen molar-refractivity contribution in [2.24, 2.45) is 7.05 Å². The summed E-state index contributed by atoms with van der Waals surface area (Å²) < 4.78 is 8.22. The van der Waals surface area contributed by atoms with Gasteiger partial charge in [0.05, 0.1) is 19.9 Å². The van der Waals surface area contributed by atoms with Crippen LogP contribution in [0.25, 0.3) is 0 Å². The summed E-state index contributed by atoms with van der Waals surface area (Å²) in [6.07, 6.45) is 1.78. The van der Waals surface area contributed by atoms with Crippen molar-refractivity contribution in [3.63, 3.8) is 0 Å². The number of hydrogen-bond donors (Lipinski definition) is 1. The largest absolute Gasteiger partial charge is 0.464 e. The Kier molecular flexibility index (Phi) is 3.28. The summed E-state index contributed by atoms with van der Waals surface area (Å²) in [5.74, 6) is 0.455. The SMILES string of the molecule is COC(=O)c1nc(C)n(Cc2cnn(C)c2C)c1N. The molecule has 0 atom stereocenters. The zero-order valence-corrected chi connectivity index (χ0v) is 11.5. The zero-order valence-electron chi connectivity index (χ0n) is 11.5. The van der Waals surface area contributed by atoms with E-state index >= 15 is 0 Å². The molecule has 0 amide bonds. The Morgan fingerprint density at radius 3 is 2.68 bits per heavy atom. The van der Waals surface area contributed by atoms with Gasteiger partial charge >= 0.3 is 5.97 Å². The maximum absolute atomic E-state index is 11.5. The number of anilines is 1. The second kappa shape index (κ2) is 4.75. The lowest BCUT2D eigenvalue weighted by Crippen LogP contribution is -2.10. The van der Waals surface area contributed by atoms with Gasteiger partial charge in [0.25, 0.3) is 0 Å². The maximum atomic E-state index is 11.5. The number of hydrogen-bond acceptors (Lipinski definition) is 5. The number of imidazole rings is 1. The summed E-state index contributed by atoms with van der Waals surface area (Å²) in [7, 11) is 3.18. The lowest BCUT2D eigenvalue weighted by molar-refractivity contribution is 0.0595. The molecule has 102 valence electrons.